The van der Waals surface area contributed by atoms with Crippen LogP contribution < -0.4 is 0 Å². The van der Waals surface area contributed by atoms with Gasteiger partial charge in [-0.2, -0.15) is 4.31 Å². The Bertz CT molecular complexity index is 645. The van der Waals surface area contributed by atoms with Gasteiger partial charge in [0.05, 0.1) is 16.1 Å². The van der Waals surface area contributed by atoms with Gasteiger partial charge in [0.1, 0.15) is 4.90 Å². The highest BCUT2D eigenvalue weighted by Gasteiger charge is 2.47. The fourth-order valence-corrected chi connectivity index (χ4v) is 7.16. The summed E-state index contributed by atoms with van der Waals surface area (Å²) < 4.78 is 28.1. The quantitative estimate of drug-likeness (QED) is 0.806. The third-order valence-corrected chi connectivity index (χ3v) is 7.52. The van der Waals surface area contributed by atoms with Crippen LogP contribution in [0.5, 0.6) is 0 Å². The zero-order valence-corrected chi connectivity index (χ0v) is 14.9. The van der Waals surface area contributed by atoms with E-state index < -0.39 is 16.1 Å². The maximum atomic E-state index is 13.0. The van der Waals surface area contributed by atoms with E-state index in [0.717, 1.165) is 12.8 Å². The molecular weight excluding hydrogens is 401 g/mol. The van der Waals surface area contributed by atoms with E-state index >= 15 is 0 Å². The molecule has 2 saturated heterocycles. The molecule has 1 aromatic carbocycles. The zero-order valence-electron chi connectivity index (χ0n) is 11.0. The highest BCUT2D eigenvalue weighted by Crippen LogP contribution is 2.43. The summed E-state index contributed by atoms with van der Waals surface area (Å²) in [6.45, 7) is 0. The lowest BCUT2D eigenvalue weighted by atomic mass is 10.0. The van der Waals surface area contributed by atoms with Crippen LogP contribution in [-0.2, 0) is 10.0 Å². The highest BCUT2D eigenvalue weighted by molar-refractivity contribution is 9.10. The highest BCUT2D eigenvalue weighted by atomic mass is 79.9. The largest absolute Gasteiger partial charge is 0.393 e. The van der Waals surface area contributed by atoms with Crippen molar-refractivity contribution in [1.29, 1.82) is 0 Å². The molecule has 0 aromatic heterocycles. The van der Waals surface area contributed by atoms with Crippen molar-refractivity contribution in [2.75, 3.05) is 0 Å². The second-order valence-electron chi connectivity index (χ2n) is 5.54. The van der Waals surface area contributed by atoms with Gasteiger partial charge in [-0.1, -0.05) is 39.1 Å². The summed E-state index contributed by atoms with van der Waals surface area (Å²) in [7, 11) is -3.76. The SMILES string of the molecule is O=S(=O)(c1c(Cl)cc(Br)cc1Cl)N1C2CCC1CC(O)C2. The molecule has 0 spiro atoms. The van der Waals surface area contributed by atoms with Gasteiger partial charge >= 0.3 is 0 Å². The monoisotopic (exact) mass is 413 g/mol. The standard InChI is InChI=1S/C13H14BrCl2NO3S/c14-7-3-11(15)13(12(16)4-7)21(19,20)17-8-1-2-9(17)6-10(18)5-8/h3-4,8-10,18H,1-2,5-6H2. The average molecular weight is 415 g/mol. The molecule has 0 radical (unpaired) electrons. The van der Waals surface area contributed by atoms with Crippen LogP contribution in [0.4, 0.5) is 0 Å². The molecule has 2 bridgehead atoms. The Morgan fingerprint density at radius 3 is 2.10 bits per heavy atom. The second-order valence-corrected chi connectivity index (χ2v) is 9.05. The van der Waals surface area contributed by atoms with Gasteiger partial charge in [-0.25, -0.2) is 8.42 Å². The van der Waals surface area contributed by atoms with Crippen molar-refractivity contribution in [2.24, 2.45) is 0 Å². The minimum atomic E-state index is -3.76. The van der Waals surface area contributed by atoms with E-state index in [0.29, 0.717) is 17.3 Å². The van der Waals surface area contributed by atoms with Crippen molar-refractivity contribution in [3.63, 3.8) is 0 Å². The van der Waals surface area contributed by atoms with E-state index in [-0.39, 0.29) is 27.0 Å². The predicted molar refractivity (Wildman–Crippen MR) is 85.2 cm³/mol. The van der Waals surface area contributed by atoms with E-state index in [1.54, 1.807) is 0 Å². The maximum Gasteiger partial charge on any atom is 0.246 e. The summed E-state index contributed by atoms with van der Waals surface area (Å²) in [6, 6.07) is 2.72. The van der Waals surface area contributed by atoms with Gasteiger partial charge in [-0.3, -0.25) is 0 Å². The molecule has 1 aromatic rings. The van der Waals surface area contributed by atoms with Crippen molar-refractivity contribution in [3.05, 3.63) is 26.7 Å². The van der Waals surface area contributed by atoms with Gasteiger partial charge in [0.25, 0.3) is 0 Å². The lowest BCUT2D eigenvalue weighted by molar-refractivity contribution is 0.0769. The normalized spacial score (nSPS) is 29.8. The number of sulfonamides is 1. The molecule has 2 fully saturated rings. The van der Waals surface area contributed by atoms with E-state index in [2.05, 4.69) is 15.9 Å². The van der Waals surface area contributed by atoms with Gasteiger partial charge < -0.3 is 5.11 Å². The van der Waals surface area contributed by atoms with Crippen LogP contribution in [0.2, 0.25) is 10.0 Å². The molecular formula is C13H14BrCl2NO3S. The van der Waals surface area contributed by atoms with Crippen molar-refractivity contribution >= 4 is 49.2 Å². The molecule has 2 aliphatic rings. The number of nitrogens with zero attached hydrogens (tertiary/aromatic N) is 1. The van der Waals surface area contributed by atoms with Crippen LogP contribution in [0.3, 0.4) is 0 Å². The van der Waals surface area contributed by atoms with Gasteiger partial charge in [0.2, 0.25) is 10.0 Å². The number of halogens is 3. The number of aliphatic hydroxyl groups is 1. The fraction of sp³-hybridized carbons (Fsp3) is 0.538. The first kappa shape index (κ1) is 16.0. The minimum absolute atomic E-state index is 0.0395. The number of piperidine rings is 1. The topological polar surface area (TPSA) is 57.6 Å². The Kier molecular flexibility index (Phi) is 4.31. The average Bonchev–Trinajstić information content (AvgIpc) is 2.61. The molecule has 8 heteroatoms. The third-order valence-electron chi connectivity index (χ3n) is 4.14. The summed E-state index contributed by atoms with van der Waals surface area (Å²) in [5.74, 6) is 0. The molecule has 0 amide bonds. The lowest BCUT2D eigenvalue weighted by Gasteiger charge is -2.36. The first-order chi connectivity index (χ1) is 9.80. The number of fused-ring (bicyclic) bond motifs is 2. The van der Waals surface area contributed by atoms with Gasteiger partial charge in [0.15, 0.2) is 0 Å². The first-order valence-electron chi connectivity index (χ1n) is 6.67. The summed E-state index contributed by atoms with van der Waals surface area (Å²) in [4.78, 5) is -0.0395. The Morgan fingerprint density at radius 2 is 1.62 bits per heavy atom. The van der Waals surface area contributed by atoms with Gasteiger partial charge in [-0.15, -0.1) is 0 Å². The Morgan fingerprint density at radius 1 is 1.14 bits per heavy atom. The smallest absolute Gasteiger partial charge is 0.246 e. The van der Waals surface area contributed by atoms with Crippen LogP contribution in [0.15, 0.2) is 21.5 Å². The Labute approximate surface area is 142 Å². The lowest BCUT2D eigenvalue weighted by Crippen LogP contribution is -2.47. The van der Waals surface area contributed by atoms with Gasteiger partial charge in [-0.05, 0) is 37.8 Å². The second kappa shape index (κ2) is 5.65. The molecule has 2 aliphatic heterocycles. The van der Waals surface area contributed by atoms with Crippen LogP contribution in [-0.4, -0.2) is 36.0 Å². The Hall–Kier alpha value is 0.150. The number of benzene rings is 1. The minimum Gasteiger partial charge on any atom is -0.393 e. The molecule has 0 saturated carbocycles. The number of hydrogen-bond acceptors (Lipinski definition) is 3. The molecule has 2 atom stereocenters. The van der Waals surface area contributed by atoms with Crippen LogP contribution in [0.25, 0.3) is 0 Å². The maximum absolute atomic E-state index is 13.0. The van der Waals surface area contributed by atoms with Gasteiger partial charge in [0, 0.05) is 16.6 Å². The van der Waals surface area contributed by atoms with Crippen molar-refractivity contribution in [2.45, 2.75) is 48.8 Å². The van der Waals surface area contributed by atoms with E-state index in [1.165, 1.54) is 16.4 Å². The van der Waals surface area contributed by atoms with Crippen molar-refractivity contribution in [1.82, 2.24) is 4.31 Å². The van der Waals surface area contributed by atoms with E-state index in [1.807, 2.05) is 0 Å². The summed E-state index contributed by atoms with van der Waals surface area (Å²) in [5.41, 5.74) is 0. The predicted octanol–water partition coefficient (Wildman–Crippen LogP) is 3.43. The fourth-order valence-electron chi connectivity index (χ4n) is 3.38. The molecule has 4 nitrogen and oxygen atoms in total. The molecule has 21 heavy (non-hydrogen) atoms. The molecule has 116 valence electrons. The third kappa shape index (κ3) is 2.75. The summed E-state index contributed by atoms with van der Waals surface area (Å²) in [5, 5.41) is 10.0. The molecule has 0 aliphatic carbocycles. The van der Waals surface area contributed by atoms with Crippen molar-refractivity contribution < 1.29 is 13.5 Å². The number of aliphatic hydroxyl groups excluding tert-OH is 1. The van der Waals surface area contributed by atoms with E-state index in [4.69, 9.17) is 23.2 Å². The van der Waals surface area contributed by atoms with Crippen LogP contribution in [0, 0.1) is 0 Å². The van der Waals surface area contributed by atoms with Crippen LogP contribution in [0.1, 0.15) is 25.7 Å². The molecule has 3 rings (SSSR count). The van der Waals surface area contributed by atoms with E-state index in [9.17, 15) is 13.5 Å². The first-order valence-corrected chi connectivity index (χ1v) is 9.65. The molecule has 2 unspecified atom stereocenters. The molecule has 2 heterocycles. The molecule has 1 N–H and O–H groups in total. The Balaban J connectivity index is 2.06. The number of hydrogen-bond donors (Lipinski definition) is 1. The number of rotatable bonds is 2. The zero-order chi connectivity index (χ0) is 15.4. The van der Waals surface area contributed by atoms with Crippen molar-refractivity contribution in [3.8, 4) is 0 Å². The van der Waals surface area contributed by atoms with Crippen LogP contribution >= 0.6 is 39.1 Å². The summed E-state index contributed by atoms with van der Waals surface area (Å²) >= 11 is 15.5. The summed E-state index contributed by atoms with van der Waals surface area (Å²) in [6.07, 6.45) is 2.06.